The summed E-state index contributed by atoms with van der Waals surface area (Å²) in [5.74, 6) is 0.0592. The van der Waals surface area contributed by atoms with Crippen molar-refractivity contribution in [3.8, 4) is 0 Å². The van der Waals surface area contributed by atoms with E-state index in [-0.39, 0.29) is 11.4 Å². The fourth-order valence-electron chi connectivity index (χ4n) is 2.49. The third-order valence-electron chi connectivity index (χ3n) is 3.81. The Bertz CT molecular complexity index is 633. The molecular weight excluding hydrogens is 298 g/mol. The lowest BCUT2D eigenvalue weighted by Gasteiger charge is -2.26. The Kier molecular flexibility index (Phi) is 6.56. The third kappa shape index (κ3) is 6.55. The van der Waals surface area contributed by atoms with Crippen LogP contribution in [-0.2, 0) is 22.6 Å². The van der Waals surface area contributed by atoms with Crippen LogP contribution < -0.4 is 5.32 Å². The quantitative estimate of drug-likeness (QED) is 0.795. The van der Waals surface area contributed by atoms with Crippen molar-refractivity contribution in [2.75, 3.05) is 6.61 Å². The minimum atomic E-state index is -0.376. The van der Waals surface area contributed by atoms with Crippen LogP contribution in [0.25, 0.3) is 0 Å². The molecule has 1 amide bonds. The number of carbonyl (C=O) groups is 1. The molecule has 0 bridgehead atoms. The second-order valence-electron chi connectivity index (χ2n) is 6.90. The van der Waals surface area contributed by atoms with Crippen molar-refractivity contribution in [2.45, 2.75) is 45.8 Å². The molecule has 0 heterocycles. The maximum Gasteiger partial charge on any atom is 0.220 e. The highest BCUT2D eigenvalue weighted by molar-refractivity contribution is 5.77. The summed E-state index contributed by atoms with van der Waals surface area (Å²) < 4.78 is 5.75. The molecule has 0 aliphatic heterocycles. The number of rotatable bonds is 8. The van der Waals surface area contributed by atoms with Gasteiger partial charge in [0.05, 0.1) is 18.8 Å². The molecule has 0 saturated heterocycles. The summed E-state index contributed by atoms with van der Waals surface area (Å²) in [5, 5.41) is 3.06. The summed E-state index contributed by atoms with van der Waals surface area (Å²) >= 11 is 0. The minimum Gasteiger partial charge on any atom is -0.374 e. The number of amides is 1. The second kappa shape index (κ2) is 8.65. The zero-order chi connectivity index (χ0) is 17.4. The number of hydrogen-bond acceptors (Lipinski definition) is 2. The average molecular weight is 325 g/mol. The number of ether oxygens (including phenoxy) is 1. The molecule has 0 unspecified atom stereocenters. The number of benzene rings is 2. The second-order valence-corrected chi connectivity index (χ2v) is 6.90. The zero-order valence-electron chi connectivity index (χ0n) is 14.8. The van der Waals surface area contributed by atoms with Gasteiger partial charge in [0.15, 0.2) is 0 Å². The number of hydrogen-bond donors (Lipinski definition) is 1. The molecule has 2 rings (SSSR count). The van der Waals surface area contributed by atoms with Crippen molar-refractivity contribution < 1.29 is 9.53 Å². The van der Waals surface area contributed by atoms with Gasteiger partial charge in [-0.3, -0.25) is 4.79 Å². The summed E-state index contributed by atoms with van der Waals surface area (Å²) in [6.07, 6.45) is 1.25. The van der Waals surface area contributed by atoms with Gasteiger partial charge in [0.2, 0.25) is 5.91 Å². The third-order valence-corrected chi connectivity index (χ3v) is 3.81. The van der Waals surface area contributed by atoms with Crippen LogP contribution in [0.5, 0.6) is 0 Å². The molecule has 3 nitrogen and oxygen atoms in total. The zero-order valence-corrected chi connectivity index (χ0v) is 14.8. The summed E-state index contributed by atoms with van der Waals surface area (Å²) in [6, 6.07) is 18.4. The Morgan fingerprint density at radius 3 is 2.33 bits per heavy atom. The summed E-state index contributed by atoms with van der Waals surface area (Å²) in [5.41, 5.74) is 3.19. The van der Waals surface area contributed by atoms with Crippen LogP contribution in [0.15, 0.2) is 54.6 Å². The molecule has 1 N–H and O–H groups in total. The summed E-state index contributed by atoms with van der Waals surface area (Å²) in [6.45, 7) is 7.08. The van der Waals surface area contributed by atoms with Gasteiger partial charge in [-0.25, -0.2) is 0 Å². The van der Waals surface area contributed by atoms with E-state index in [2.05, 4.69) is 36.5 Å². The van der Waals surface area contributed by atoms with Gasteiger partial charge in [-0.15, -0.1) is 0 Å². The molecule has 3 heteroatoms. The smallest absolute Gasteiger partial charge is 0.220 e. The van der Waals surface area contributed by atoms with E-state index >= 15 is 0 Å². The number of aryl methyl sites for hydroxylation is 2. The van der Waals surface area contributed by atoms with Crippen molar-refractivity contribution in [3.05, 3.63) is 71.3 Å². The van der Waals surface area contributed by atoms with Crippen LogP contribution >= 0.6 is 0 Å². The van der Waals surface area contributed by atoms with E-state index in [9.17, 15) is 4.79 Å². The van der Waals surface area contributed by atoms with E-state index in [0.29, 0.717) is 19.6 Å². The molecule has 2 aromatic rings. The largest absolute Gasteiger partial charge is 0.374 e. The molecule has 0 fully saturated rings. The highest BCUT2D eigenvalue weighted by atomic mass is 16.5. The van der Waals surface area contributed by atoms with E-state index in [0.717, 1.165) is 12.0 Å². The molecule has 2 aromatic carbocycles. The monoisotopic (exact) mass is 325 g/mol. The first-order valence-electron chi connectivity index (χ1n) is 8.43. The van der Waals surface area contributed by atoms with Gasteiger partial charge in [-0.1, -0.05) is 60.2 Å². The summed E-state index contributed by atoms with van der Waals surface area (Å²) in [4.78, 5) is 12.2. The molecule has 128 valence electrons. The van der Waals surface area contributed by atoms with Crippen LogP contribution in [0.4, 0.5) is 0 Å². The van der Waals surface area contributed by atoms with Gasteiger partial charge in [0.25, 0.3) is 0 Å². The van der Waals surface area contributed by atoms with Crippen molar-refractivity contribution in [3.63, 3.8) is 0 Å². The van der Waals surface area contributed by atoms with Crippen LogP contribution in [0.3, 0.4) is 0 Å². The lowest BCUT2D eigenvalue weighted by molar-refractivity contribution is -0.123. The fourth-order valence-corrected chi connectivity index (χ4v) is 2.49. The van der Waals surface area contributed by atoms with Gasteiger partial charge in [0.1, 0.15) is 0 Å². The van der Waals surface area contributed by atoms with Crippen molar-refractivity contribution in [1.82, 2.24) is 5.32 Å². The van der Waals surface area contributed by atoms with Gasteiger partial charge >= 0.3 is 0 Å². The van der Waals surface area contributed by atoms with Gasteiger partial charge in [-0.05, 0) is 38.3 Å². The first kappa shape index (κ1) is 18.2. The van der Waals surface area contributed by atoms with Gasteiger partial charge in [-0.2, -0.15) is 0 Å². The van der Waals surface area contributed by atoms with E-state index in [4.69, 9.17) is 4.74 Å². The normalized spacial score (nSPS) is 11.3. The number of nitrogens with one attached hydrogen (secondary N) is 1. The lowest BCUT2D eigenvalue weighted by atomic mass is 10.0. The highest BCUT2D eigenvalue weighted by Gasteiger charge is 2.20. The van der Waals surface area contributed by atoms with E-state index in [1.54, 1.807) is 0 Å². The lowest BCUT2D eigenvalue weighted by Crippen LogP contribution is -2.47. The van der Waals surface area contributed by atoms with Crippen LogP contribution in [-0.4, -0.2) is 18.1 Å². The van der Waals surface area contributed by atoms with Crippen LogP contribution in [0.2, 0.25) is 0 Å². The Labute approximate surface area is 145 Å². The predicted octanol–water partition coefficient (Wildman–Crippen LogP) is 4.04. The highest BCUT2D eigenvalue weighted by Crippen LogP contribution is 2.09. The number of carbonyl (C=O) groups excluding carboxylic acids is 1. The Morgan fingerprint density at radius 2 is 1.67 bits per heavy atom. The van der Waals surface area contributed by atoms with E-state index < -0.39 is 0 Å². The predicted molar refractivity (Wildman–Crippen MR) is 97.8 cm³/mol. The van der Waals surface area contributed by atoms with E-state index in [1.165, 1.54) is 11.1 Å². The molecule has 0 spiro atoms. The fraction of sp³-hybridized carbons (Fsp3) is 0.381. The average Bonchev–Trinajstić information content (AvgIpc) is 2.55. The van der Waals surface area contributed by atoms with Crippen molar-refractivity contribution in [2.24, 2.45) is 0 Å². The van der Waals surface area contributed by atoms with Crippen molar-refractivity contribution in [1.29, 1.82) is 0 Å². The minimum absolute atomic E-state index is 0.0592. The van der Waals surface area contributed by atoms with Gasteiger partial charge in [0, 0.05) is 6.42 Å². The molecule has 0 radical (unpaired) electrons. The molecule has 0 aliphatic carbocycles. The topological polar surface area (TPSA) is 38.3 Å². The Morgan fingerprint density at radius 1 is 1.00 bits per heavy atom. The summed E-state index contributed by atoms with van der Waals surface area (Å²) in [7, 11) is 0. The Balaban J connectivity index is 1.71. The maximum absolute atomic E-state index is 12.2. The molecule has 0 aliphatic rings. The van der Waals surface area contributed by atoms with E-state index in [1.807, 2.05) is 44.2 Å². The molecule has 0 aromatic heterocycles. The standard InChI is InChI=1S/C21H27NO2/c1-17-9-11-18(12-10-17)13-14-20(23)22-21(2,3)16-24-15-19-7-5-4-6-8-19/h4-12H,13-16H2,1-3H3,(H,22,23). The first-order valence-corrected chi connectivity index (χ1v) is 8.43. The molecular formula is C21H27NO2. The SMILES string of the molecule is Cc1ccc(CCC(=O)NC(C)(C)COCc2ccccc2)cc1. The molecule has 24 heavy (non-hydrogen) atoms. The van der Waals surface area contributed by atoms with Crippen molar-refractivity contribution >= 4 is 5.91 Å². The first-order chi connectivity index (χ1) is 11.4. The van der Waals surface area contributed by atoms with Gasteiger partial charge < -0.3 is 10.1 Å². The van der Waals surface area contributed by atoms with Crippen LogP contribution in [0.1, 0.15) is 37.0 Å². The maximum atomic E-state index is 12.2. The van der Waals surface area contributed by atoms with Crippen LogP contribution in [0, 0.1) is 6.92 Å². The molecule has 0 atom stereocenters. The Hall–Kier alpha value is -2.13. The molecule has 0 saturated carbocycles.